The summed E-state index contributed by atoms with van der Waals surface area (Å²) in [5.74, 6) is 1.70. The fourth-order valence-electron chi connectivity index (χ4n) is 4.59. The molecule has 0 N–H and O–H groups in total. The quantitative estimate of drug-likeness (QED) is 0.413. The topological polar surface area (TPSA) is 29.5 Å². The maximum Gasteiger partial charge on any atom is 0.221 e. The lowest BCUT2D eigenvalue weighted by atomic mass is 9.75. The first-order valence-electron chi connectivity index (χ1n) is 11.4. The van der Waals surface area contributed by atoms with Gasteiger partial charge in [-0.3, -0.25) is 9.46 Å². The van der Waals surface area contributed by atoms with Crippen LogP contribution < -0.4 is 0 Å². The highest BCUT2D eigenvalue weighted by Crippen LogP contribution is 2.55. The Morgan fingerprint density at radius 2 is 1.76 bits per heavy atom. The summed E-state index contributed by atoms with van der Waals surface area (Å²) in [5.41, 5.74) is 1.24. The third kappa shape index (κ3) is 7.23. The van der Waals surface area contributed by atoms with Crippen molar-refractivity contribution in [3.63, 3.8) is 0 Å². The Bertz CT molecular complexity index is 667. The van der Waals surface area contributed by atoms with Crippen molar-refractivity contribution in [1.29, 1.82) is 0 Å². The van der Waals surface area contributed by atoms with Crippen LogP contribution in [0.2, 0.25) is 0 Å². The van der Waals surface area contributed by atoms with E-state index >= 15 is 0 Å². The monoisotopic (exact) mass is 421 g/mol. The van der Waals surface area contributed by atoms with Crippen LogP contribution in [0.3, 0.4) is 0 Å². The van der Waals surface area contributed by atoms with Crippen LogP contribution in [0.25, 0.3) is 0 Å². The first-order chi connectivity index (χ1) is 13.4. The standard InChI is InChI=1S/C25H44NO2P/c1-19(2)23-15-14-20(3)16-24(23)28-29(27,17-22-12-10-9-11-13-22)18-26(8)21(4)25(5,6)7/h9-13,19-21,23-24H,14-18H2,1-8H3. The summed E-state index contributed by atoms with van der Waals surface area (Å²) >= 11 is 0. The van der Waals surface area contributed by atoms with Crippen LogP contribution in [0.4, 0.5) is 0 Å². The van der Waals surface area contributed by atoms with Crippen LogP contribution in [0.5, 0.6) is 0 Å². The highest BCUT2D eigenvalue weighted by Gasteiger charge is 2.38. The van der Waals surface area contributed by atoms with Gasteiger partial charge in [0.05, 0.1) is 18.6 Å². The minimum absolute atomic E-state index is 0.103. The summed E-state index contributed by atoms with van der Waals surface area (Å²) in [6.45, 7) is 15.8. The van der Waals surface area contributed by atoms with Crippen LogP contribution in [-0.2, 0) is 15.3 Å². The van der Waals surface area contributed by atoms with Gasteiger partial charge in [-0.25, -0.2) is 0 Å². The van der Waals surface area contributed by atoms with Crippen molar-refractivity contribution in [3.8, 4) is 0 Å². The van der Waals surface area contributed by atoms with Gasteiger partial charge in [0.15, 0.2) is 0 Å². The molecule has 5 unspecified atom stereocenters. The number of hydrogen-bond donors (Lipinski definition) is 0. The van der Waals surface area contributed by atoms with Crippen molar-refractivity contribution in [3.05, 3.63) is 35.9 Å². The van der Waals surface area contributed by atoms with Gasteiger partial charge in [-0.2, -0.15) is 0 Å². The van der Waals surface area contributed by atoms with Gasteiger partial charge in [0.1, 0.15) is 0 Å². The highest BCUT2D eigenvalue weighted by molar-refractivity contribution is 7.58. The Kier molecular flexibility index (Phi) is 8.60. The van der Waals surface area contributed by atoms with Gasteiger partial charge < -0.3 is 4.52 Å². The largest absolute Gasteiger partial charge is 0.324 e. The summed E-state index contributed by atoms with van der Waals surface area (Å²) in [6.07, 6.45) is 4.60. The van der Waals surface area contributed by atoms with Crippen molar-refractivity contribution in [2.75, 3.05) is 13.3 Å². The molecule has 1 aliphatic carbocycles. The van der Waals surface area contributed by atoms with E-state index in [-0.39, 0.29) is 11.5 Å². The predicted octanol–water partition coefficient (Wildman–Crippen LogP) is 7.27. The van der Waals surface area contributed by atoms with Gasteiger partial charge in [0.2, 0.25) is 7.37 Å². The Labute approximate surface area is 180 Å². The third-order valence-corrected chi connectivity index (χ3v) is 9.29. The van der Waals surface area contributed by atoms with Crippen molar-refractivity contribution in [1.82, 2.24) is 4.90 Å². The number of nitrogens with zero attached hydrogens (tertiary/aromatic N) is 1. The smallest absolute Gasteiger partial charge is 0.221 e. The Hall–Kier alpha value is -0.630. The van der Waals surface area contributed by atoms with E-state index in [4.69, 9.17) is 4.52 Å². The Balaban J connectivity index is 2.27. The van der Waals surface area contributed by atoms with E-state index < -0.39 is 7.37 Å². The zero-order chi connectivity index (χ0) is 21.8. The van der Waals surface area contributed by atoms with E-state index in [9.17, 15) is 4.57 Å². The molecule has 0 amide bonds. The molecule has 0 spiro atoms. The molecule has 2 rings (SSSR count). The van der Waals surface area contributed by atoms with Crippen molar-refractivity contribution >= 4 is 7.37 Å². The van der Waals surface area contributed by atoms with Crippen LogP contribution >= 0.6 is 7.37 Å². The normalized spacial score (nSPS) is 26.5. The molecule has 1 aromatic rings. The van der Waals surface area contributed by atoms with Crippen molar-refractivity contribution in [2.45, 2.75) is 86.0 Å². The van der Waals surface area contributed by atoms with Gasteiger partial charge in [0.25, 0.3) is 0 Å². The van der Waals surface area contributed by atoms with E-state index in [1.807, 2.05) is 18.2 Å². The minimum atomic E-state index is -2.87. The molecule has 3 nitrogen and oxygen atoms in total. The van der Waals surface area contributed by atoms with E-state index in [0.717, 1.165) is 12.0 Å². The van der Waals surface area contributed by atoms with Crippen LogP contribution in [-0.4, -0.2) is 30.4 Å². The predicted molar refractivity (Wildman–Crippen MR) is 126 cm³/mol. The second-order valence-corrected chi connectivity index (χ2v) is 13.3. The summed E-state index contributed by atoms with van der Waals surface area (Å²) < 4.78 is 21.0. The van der Waals surface area contributed by atoms with Crippen LogP contribution in [0.15, 0.2) is 30.3 Å². The molecule has 5 atom stereocenters. The lowest BCUT2D eigenvalue weighted by Gasteiger charge is -2.41. The number of rotatable bonds is 8. The lowest BCUT2D eigenvalue weighted by Crippen LogP contribution is -2.41. The first-order valence-corrected chi connectivity index (χ1v) is 13.4. The summed E-state index contributed by atoms with van der Waals surface area (Å²) in [6, 6.07) is 10.5. The van der Waals surface area contributed by atoms with Gasteiger partial charge in [-0.15, -0.1) is 0 Å². The molecule has 0 aliphatic heterocycles. The van der Waals surface area contributed by atoms with Gasteiger partial charge in [0, 0.05) is 6.04 Å². The molecule has 1 fully saturated rings. The molecule has 29 heavy (non-hydrogen) atoms. The number of hydrogen-bond acceptors (Lipinski definition) is 3. The molecular weight excluding hydrogens is 377 g/mol. The molecule has 4 heteroatoms. The third-order valence-electron chi connectivity index (χ3n) is 6.91. The van der Waals surface area contributed by atoms with E-state index in [0.29, 0.717) is 36.2 Å². The fourth-order valence-corrected chi connectivity index (χ4v) is 7.26. The molecule has 0 bridgehead atoms. The zero-order valence-corrected chi connectivity index (χ0v) is 20.9. The minimum Gasteiger partial charge on any atom is -0.324 e. The summed E-state index contributed by atoms with van der Waals surface area (Å²) in [5, 5.41) is 0. The maximum atomic E-state index is 14.3. The molecule has 0 heterocycles. The molecule has 1 aliphatic rings. The first kappa shape index (κ1) is 24.6. The van der Waals surface area contributed by atoms with Crippen molar-refractivity contribution in [2.24, 2.45) is 23.2 Å². The SMILES string of the molecule is CC1CCC(C(C)C)C(OP(=O)(Cc2ccccc2)CN(C)C(C)C(C)(C)C)C1. The van der Waals surface area contributed by atoms with Gasteiger partial charge in [-0.05, 0) is 55.5 Å². The van der Waals surface area contributed by atoms with Crippen LogP contribution in [0.1, 0.15) is 73.3 Å². The second-order valence-electron chi connectivity index (χ2n) is 10.9. The molecule has 1 saturated carbocycles. The van der Waals surface area contributed by atoms with E-state index in [2.05, 4.69) is 72.5 Å². The van der Waals surface area contributed by atoms with Crippen molar-refractivity contribution < 1.29 is 9.09 Å². The molecule has 166 valence electrons. The average Bonchev–Trinajstić information content (AvgIpc) is 2.60. The number of benzene rings is 1. The second kappa shape index (κ2) is 10.1. The van der Waals surface area contributed by atoms with Gasteiger partial charge in [-0.1, -0.05) is 78.3 Å². The lowest BCUT2D eigenvalue weighted by molar-refractivity contribution is 0.0445. The van der Waals surface area contributed by atoms with Gasteiger partial charge >= 0.3 is 0 Å². The summed E-state index contributed by atoms with van der Waals surface area (Å²) in [7, 11) is -0.769. The molecule has 0 saturated heterocycles. The summed E-state index contributed by atoms with van der Waals surface area (Å²) in [4.78, 5) is 2.25. The molecular formula is C25H44NO2P. The van der Waals surface area contributed by atoms with E-state index in [1.165, 1.54) is 12.8 Å². The Morgan fingerprint density at radius 1 is 1.14 bits per heavy atom. The van der Waals surface area contributed by atoms with Crippen LogP contribution in [0, 0.1) is 23.2 Å². The highest BCUT2D eigenvalue weighted by atomic mass is 31.2. The molecule has 0 aromatic heterocycles. The zero-order valence-electron chi connectivity index (χ0n) is 20.0. The van der Waals surface area contributed by atoms with E-state index in [1.54, 1.807) is 0 Å². The molecule has 1 aromatic carbocycles. The Morgan fingerprint density at radius 3 is 2.31 bits per heavy atom. The fraction of sp³-hybridized carbons (Fsp3) is 0.760. The molecule has 0 radical (unpaired) electrons. The average molecular weight is 422 g/mol. The maximum absolute atomic E-state index is 14.3.